The number of aliphatic hydroxyl groups excluding tert-OH is 22. The number of rotatable bonds is 54. The van der Waals surface area contributed by atoms with Crippen molar-refractivity contribution in [1.82, 2.24) is 16.0 Å². The molecule has 758 valence electrons. The van der Waals surface area contributed by atoms with Crippen LogP contribution in [0.25, 0.3) is 0 Å². The summed E-state index contributed by atoms with van der Waals surface area (Å²) >= 11 is 0. The molecule has 44 heteroatoms. The first-order valence-corrected chi connectivity index (χ1v) is 46.7. The zero-order valence-corrected chi connectivity index (χ0v) is 75.3. The van der Waals surface area contributed by atoms with E-state index in [1.807, 2.05) is 6.08 Å². The molecule has 25 N–H and O–H groups in total. The highest BCUT2D eigenvalue weighted by Crippen LogP contribution is 2.41. The van der Waals surface area contributed by atoms with Gasteiger partial charge in [-0.15, -0.1) is 0 Å². The van der Waals surface area contributed by atoms with Crippen molar-refractivity contribution in [2.45, 2.75) is 466 Å². The van der Waals surface area contributed by atoms with Crippen molar-refractivity contribution >= 4 is 17.7 Å². The number of carbonyl (C=O) groups is 3. The van der Waals surface area contributed by atoms with Crippen LogP contribution in [0.15, 0.2) is 12.2 Å². The summed E-state index contributed by atoms with van der Waals surface area (Å²) in [6.45, 7) is 1.78. The summed E-state index contributed by atoms with van der Waals surface area (Å²) in [6, 6.07) is -5.06. The Balaban J connectivity index is 0.991. The topological polar surface area (TPSA) is 680 Å². The summed E-state index contributed by atoms with van der Waals surface area (Å²) in [5.74, 6) is -2.27. The smallest absolute Gasteiger partial charge is 0.220 e. The first-order valence-electron chi connectivity index (χ1n) is 46.7. The third-order valence-electron chi connectivity index (χ3n) is 25.4. The van der Waals surface area contributed by atoms with Crippen molar-refractivity contribution in [3.63, 3.8) is 0 Å². The Morgan fingerprint density at radius 1 is 0.315 bits per heavy atom. The molecule has 0 aromatic carbocycles. The van der Waals surface area contributed by atoms with Gasteiger partial charge in [-0.1, -0.05) is 167 Å². The summed E-state index contributed by atoms with van der Waals surface area (Å²) in [5, 5.41) is 257. The van der Waals surface area contributed by atoms with Gasteiger partial charge in [0.2, 0.25) is 17.7 Å². The number of nitrogens with one attached hydrogen (secondary N) is 3. The second-order valence-corrected chi connectivity index (χ2v) is 35.5. The van der Waals surface area contributed by atoms with E-state index < -0.39 is 316 Å². The average Bonchev–Trinajstić information content (AvgIpc) is 0.754. The largest absolute Gasteiger partial charge is 0.394 e. The highest BCUT2D eigenvalue weighted by Gasteiger charge is 2.61. The molecular formula is C86H153N3O41. The van der Waals surface area contributed by atoms with Crippen LogP contribution in [-0.2, 0) is 90.2 Å². The lowest BCUT2D eigenvalue weighted by molar-refractivity contribution is -0.406. The highest BCUT2D eigenvalue weighted by molar-refractivity contribution is 5.76. The highest BCUT2D eigenvalue weighted by atomic mass is 16.8. The second-order valence-electron chi connectivity index (χ2n) is 35.5. The van der Waals surface area contributed by atoms with Crippen molar-refractivity contribution < 1.29 is 203 Å². The minimum absolute atomic E-state index is 0.148. The van der Waals surface area contributed by atoms with E-state index in [9.17, 15) is 127 Å². The van der Waals surface area contributed by atoms with Gasteiger partial charge in [-0.3, -0.25) is 14.4 Å². The molecule has 0 aromatic heterocycles. The summed E-state index contributed by atoms with van der Waals surface area (Å²) < 4.78 is 97.1. The van der Waals surface area contributed by atoms with Crippen LogP contribution in [-0.4, -0.2) is 434 Å². The molecule has 0 aromatic rings. The number of hydrogen-bond donors (Lipinski definition) is 25. The van der Waals surface area contributed by atoms with Crippen LogP contribution in [0.2, 0.25) is 0 Å². The molecule has 0 radical (unpaired) electrons. The summed E-state index contributed by atoms with van der Waals surface area (Å²) in [5.41, 5.74) is 0. The summed E-state index contributed by atoms with van der Waals surface area (Å²) in [7, 11) is 0. The van der Waals surface area contributed by atoms with Gasteiger partial charge in [0.1, 0.15) is 183 Å². The van der Waals surface area contributed by atoms with E-state index >= 15 is 0 Å². The van der Waals surface area contributed by atoms with E-state index in [0.717, 1.165) is 71.6 Å². The fourth-order valence-corrected chi connectivity index (χ4v) is 17.6. The maximum Gasteiger partial charge on any atom is 0.220 e. The first kappa shape index (κ1) is 112. The Labute approximate surface area is 757 Å². The molecule has 0 bridgehead atoms. The molecule has 8 aliphatic heterocycles. The zero-order valence-electron chi connectivity index (χ0n) is 75.3. The molecule has 0 aliphatic carbocycles. The van der Waals surface area contributed by atoms with E-state index in [-0.39, 0.29) is 12.3 Å². The monoisotopic (exact) mass is 1880 g/mol. The SMILES string of the molecule is CCCCCCCCCCCCC/C=C/[C@@H](O)[C@H](CO[C@@H]1OC(CO)[C@@H](O[C@@H]2OC(CO)[C@H](O)[C@H](O[C@@H]3OC(CO)[C@@H](O[C@@H]4OC(CO)[C@H](O)[C@H](O[C@H]5OC(CO)[C@H](O)[C@H](O[C@@H]6OC(CO)[C@H](O)[C@H](O)C6O[C@H]6OC(C)[C@@H](O)C(O)[C@@H]6O)C5NC(C)=O)C4O[C@H]4OC(C)[C@@H](O)C(O)[C@@H]4O)[C@H](O)C3NC(C)=O)C2O)[C@H](O)C1O)NC(=O)CCCCCCCCCCCCCCC. The first-order chi connectivity index (χ1) is 62.2. The van der Waals surface area contributed by atoms with Crippen LogP contribution in [0.4, 0.5) is 0 Å². The second kappa shape index (κ2) is 56.6. The van der Waals surface area contributed by atoms with Crippen molar-refractivity contribution in [2.24, 2.45) is 0 Å². The molecule has 0 spiro atoms. The van der Waals surface area contributed by atoms with Crippen LogP contribution in [0.1, 0.15) is 208 Å². The van der Waals surface area contributed by atoms with Crippen molar-refractivity contribution in [2.75, 3.05) is 46.2 Å². The minimum atomic E-state index is -2.31. The third-order valence-corrected chi connectivity index (χ3v) is 25.4. The van der Waals surface area contributed by atoms with Crippen LogP contribution < -0.4 is 16.0 Å². The van der Waals surface area contributed by atoms with E-state index in [1.54, 1.807) is 6.08 Å². The fourth-order valence-electron chi connectivity index (χ4n) is 17.6. The van der Waals surface area contributed by atoms with Crippen LogP contribution in [0.3, 0.4) is 0 Å². The van der Waals surface area contributed by atoms with Crippen LogP contribution in [0.5, 0.6) is 0 Å². The maximum absolute atomic E-state index is 13.6. The van der Waals surface area contributed by atoms with E-state index in [4.69, 9.17) is 75.8 Å². The predicted molar refractivity (Wildman–Crippen MR) is 447 cm³/mol. The lowest BCUT2D eigenvalue weighted by atomic mass is 9.93. The van der Waals surface area contributed by atoms with Gasteiger partial charge in [0.25, 0.3) is 0 Å². The Morgan fingerprint density at radius 3 is 1.15 bits per heavy atom. The predicted octanol–water partition coefficient (Wildman–Crippen LogP) is -5.50. The molecule has 42 atom stereocenters. The third kappa shape index (κ3) is 31.1. The zero-order chi connectivity index (χ0) is 95.2. The van der Waals surface area contributed by atoms with Crippen LogP contribution in [0, 0.1) is 0 Å². The van der Waals surface area contributed by atoms with Crippen LogP contribution >= 0.6 is 0 Å². The van der Waals surface area contributed by atoms with Gasteiger partial charge in [-0.2, -0.15) is 0 Å². The quantitative estimate of drug-likeness (QED) is 0.0200. The lowest BCUT2D eigenvalue weighted by Gasteiger charge is -2.52. The number of amides is 3. The molecule has 16 unspecified atom stereocenters. The molecular weight excluding hydrogens is 1730 g/mol. The number of ether oxygens (including phenoxy) is 16. The maximum atomic E-state index is 13.6. The Kier molecular flexibility index (Phi) is 48.8. The van der Waals surface area contributed by atoms with E-state index in [2.05, 4.69) is 29.8 Å². The van der Waals surface area contributed by atoms with E-state index in [0.29, 0.717) is 12.8 Å². The van der Waals surface area contributed by atoms with Crippen molar-refractivity contribution in [3.05, 3.63) is 12.2 Å². The Hall–Kier alpha value is -3.37. The molecule has 8 fully saturated rings. The molecule has 3 amide bonds. The number of carbonyl (C=O) groups excluding carboxylic acids is 3. The minimum Gasteiger partial charge on any atom is -0.394 e. The molecule has 44 nitrogen and oxygen atoms in total. The molecule has 8 aliphatic rings. The van der Waals surface area contributed by atoms with Crippen molar-refractivity contribution in [1.29, 1.82) is 0 Å². The normalized spacial score (nSPS) is 40.9. The molecule has 130 heavy (non-hydrogen) atoms. The Bertz CT molecular complexity index is 3190. The van der Waals surface area contributed by atoms with Gasteiger partial charge in [-0.05, 0) is 33.1 Å². The van der Waals surface area contributed by atoms with Gasteiger partial charge in [-0.25, -0.2) is 0 Å². The molecule has 8 heterocycles. The number of aliphatic hydroxyl groups is 22. The lowest BCUT2D eigenvalue weighted by Crippen LogP contribution is -2.71. The van der Waals surface area contributed by atoms with E-state index in [1.165, 1.54) is 104 Å². The Morgan fingerprint density at radius 2 is 0.654 bits per heavy atom. The summed E-state index contributed by atoms with van der Waals surface area (Å²) in [4.78, 5) is 40.3. The van der Waals surface area contributed by atoms with Gasteiger partial charge in [0, 0.05) is 20.3 Å². The van der Waals surface area contributed by atoms with Gasteiger partial charge >= 0.3 is 0 Å². The number of allylic oxidation sites excluding steroid dienone is 1. The number of unbranched alkanes of at least 4 members (excludes halogenated alkanes) is 23. The molecule has 8 saturated heterocycles. The van der Waals surface area contributed by atoms with Crippen molar-refractivity contribution in [3.8, 4) is 0 Å². The van der Waals surface area contributed by atoms with Gasteiger partial charge in [0.15, 0.2) is 50.3 Å². The standard InChI is InChI=1S/C86H153N3O41/c1-7-9-11-13-15-17-19-21-23-25-27-29-31-33-47(98)46(89-54(99)34-32-30-28-26-24-22-20-18-16-14-12-10-8-2)41-115-81-70(113)67(110)73(53(40-95)123-81)124-84-71(114)75(61(104)50(37-92)119-84)127-79-55(87-44(5)96)63(106)72(52(39-94)122-79)125-86-78(130-83-69(112)65(108)58(101)43(4)117-83)76(62(105)51(38-93)121-86)128-80-56(88-45(6)97)74(60(103)49(36-91)118-80)126-85-77(66(109)59(102)48(35-90)120-85)129-82-68(111)64(107)57(100)42(3)116-82/h31,33,42-43,46-53,55-86,90-95,98,100-114H,7-30,32,34-41H2,1-6H3,(H,87,96)(H,88,97)(H,89,99)/b33-31+/t42?,43?,46-,47+,48?,49?,50?,51?,52?,53?,55?,56?,57+,58+,59-,60-,61-,62-,63+,64?,65?,66-,67+,68-,69-,70?,71?,72+,73+,74+,75-,76-,77?,78?,79-,80+,81+,82+,83+,84-,85-,86-/m0/s1. The van der Waals surface area contributed by atoms with Gasteiger partial charge < -0.3 is 204 Å². The number of hydrogen-bond acceptors (Lipinski definition) is 41. The average molecular weight is 1890 g/mol. The summed E-state index contributed by atoms with van der Waals surface area (Å²) in [6.07, 6.45) is -46.2. The fraction of sp³-hybridized carbons (Fsp3) is 0.942. The van der Waals surface area contributed by atoms with Gasteiger partial charge in [0.05, 0.1) is 70.6 Å². The molecule has 0 saturated carbocycles. The molecule has 8 rings (SSSR count).